The van der Waals surface area contributed by atoms with Gasteiger partial charge in [-0.25, -0.2) is 19.2 Å². The molecule has 2 N–H and O–H groups in total. The third kappa shape index (κ3) is 2.32. The van der Waals surface area contributed by atoms with Gasteiger partial charge in [0, 0.05) is 17.8 Å². The Morgan fingerprint density at radius 1 is 1.33 bits per heavy atom. The van der Waals surface area contributed by atoms with E-state index in [1.807, 2.05) is 6.92 Å². The highest BCUT2D eigenvalue weighted by Gasteiger charge is 2.24. The van der Waals surface area contributed by atoms with Gasteiger partial charge in [0.2, 0.25) is 0 Å². The maximum atomic E-state index is 14.3. The summed E-state index contributed by atoms with van der Waals surface area (Å²) in [5.74, 6) is -0.246. The van der Waals surface area contributed by atoms with Crippen LogP contribution in [0.5, 0.6) is 0 Å². The molecule has 0 bridgehead atoms. The van der Waals surface area contributed by atoms with Crippen molar-refractivity contribution in [2.45, 2.75) is 26.3 Å². The molecule has 1 aliphatic rings. The lowest BCUT2D eigenvalue weighted by Crippen LogP contribution is -2.39. The lowest BCUT2D eigenvalue weighted by molar-refractivity contribution is 0.573. The fourth-order valence-corrected chi connectivity index (χ4v) is 2.52. The summed E-state index contributed by atoms with van der Waals surface area (Å²) in [6.45, 7) is 2.52. The van der Waals surface area contributed by atoms with E-state index in [-0.39, 0.29) is 17.9 Å². The van der Waals surface area contributed by atoms with Crippen molar-refractivity contribution in [2.24, 2.45) is 0 Å². The number of halogens is 1. The Hall–Kier alpha value is -2.51. The molecule has 2 aromatic rings. The quantitative estimate of drug-likeness (QED) is 0.819. The molecule has 0 atom stereocenters. The number of nitrogens with zero attached hydrogens (tertiary/aromatic N) is 3. The van der Waals surface area contributed by atoms with Crippen molar-refractivity contribution in [1.29, 1.82) is 0 Å². The van der Waals surface area contributed by atoms with E-state index in [9.17, 15) is 14.0 Å². The van der Waals surface area contributed by atoms with E-state index in [0.29, 0.717) is 36.3 Å². The zero-order valence-corrected chi connectivity index (χ0v) is 11.4. The number of nitrogens with one attached hydrogen (secondary N) is 2. The van der Waals surface area contributed by atoms with Crippen LogP contribution in [0, 0.1) is 5.82 Å². The molecule has 21 heavy (non-hydrogen) atoms. The average Bonchev–Trinajstić information content (AvgIpc) is 2.46. The third-order valence-corrected chi connectivity index (χ3v) is 3.59. The maximum absolute atomic E-state index is 14.3. The second-order valence-electron chi connectivity index (χ2n) is 4.85. The molecule has 0 saturated heterocycles. The van der Waals surface area contributed by atoms with E-state index < -0.39 is 11.5 Å². The summed E-state index contributed by atoms with van der Waals surface area (Å²) in [6.07, 6.45) is 2.22. The molecular weight excluding hydrogens is 277 g/mol. The molecule has 0 amide bonds. The Morgan fingerprint density at radius 3 is 2.90 bits per heavy atom. The van der Waals surface area contributed by atoms with Gasteiger partial charge in [0.1, 0.15) is 6.33 Å². The molecule has 0 radical (unpaired) electrons. The fraction of sp³-hybridized carbons (Fsp3) is 0.385. The highest BCUT2D eigenvalue weighted by Crippen LogP contribution is 2.23. The van der Waals surface area contributed by atoms with Gasteiger partial charge in [0.05, 0.1) is 12.2 Å². The summed E-state index contributed by atoms with van der Waals surface area (Å²) < 4.78 is 14.3. The zero-order valence-electron chi connectivity index (χ0n) is 11.4. The van der Waals surface area contributed by atoms with E-state index in [1.54, 1.807) is 4.90 Å². The molecule has 3 heterocycles. The predicted molar refractivity (Wildman–Crippen MR) is 73.8 cm³/mol. The van der Waals surface area contributed by atoms with Crippen molar-refractivity contribution >= 4 is 5.82 Å². The molecule has 1 aliphatic heterocycles. The summed E-state index contributed by atoms with van der Waals surface area (Å²) in [6, 6.07) is 0. The van der Waals surface area contributed by atoms with Crippen LogP contribution in [0.1, 0.15) is 23.9 Å². The second-order valence-corrected chi connectivity index (χ2v) is 4.85. The summed E-state index contributed by atoms with van der Waals surface area (Å²) in [4.78, 5) is 37.4. The van der Waals surface area contributed by atoms with Crippen molar-refractivity contribution in [1.82, 2.24) is 19.9 Å². The lowest BCUT2D eigenvalue weighted by Gasteiger charge is -2.29. The van der Waals surface area contributed by atoms with Crippen molar-refractivity contribution < 1.29 is 4.39 Å². The number of aromatic amines is 2. The van der Waals surface area contributed by atoms with Crippen LogP contribution in [0.3, 0.4) is 0 Å². The number of aromatic nitrogens is 4. The minimum absolute atomic E-state index is 0.202. The van der Waals surface area contributed by atoms with E-state index in [1.165, 1.54) is 6.33 Å². The van der Waals surface area contributed by atoms with Gasteiger partial charge in [-0.1, -0.05) is 6.92 Å². The summed E-state index contributed by atoms with van der Waals surface area (Å²) in [5.41, 5.74) is 0.455. The van der Waals surface area contributed by atoms with Gasteiger partial charge in [-0.2, -0.15) is 0 Å². The Bertz CT molecular complexity index is 798. The largest absolute Gasteiger partial charge is 0.348 e. The predicted octanol–water partition coefficient (Wildman–Crippen LogP) is 0.117. The minimum atomic E-state index is -0.557. The van der Waals surface area contributed by atoms with Crippen LogP contribution in [0.15, 0.2) is 15.9 Å². The van der Waals surface area contributed by atoms with Crippen LogP contribution in [0.4, 0.5) is 10.2 Å². The number of anilines is 1. The smallest absolute Gasteiger partial charge is 0.325 e. The Kier molecular flexibility index (Phi) is 3.28. The molecular formula is C13H14FN5O2. The first-order valence-electron chi connectivity index (χ1n) is 6.68. The zero-order chi connectivity index (χ0) is 15.0. The highest BCUT2D eigenvalue weighted by molar-refractivity contribution is 5.44. The van der Waals surface area contributed by atoms with Crippen molar-refractivity contribution in [2.75, 3.05) is 11.4 Å². The first-order chi connectivity index (χ1) is 10.1. The summed E-state index contributed by atoms with van der Waals surface area (Å²) >= 11 is 0. The van der Waals surface area contributed by atoms with Gasteiger partial charge in [-0.05, 0) is 12.8 Å². The van der Waals surface area contributed by atoms with Crippen LogP contribution in [0.25, 0.3) is 0 Å². The van der Waals surface area contributed by atoms with Gasteiger partial charge in [0.25, 0.3) is 5.56 Å². The number of fused-ring (bicyclic) bond motifs is 1. The third-order valence-electron chi connectivity index (χ3n) is 3.59. The first kappa shape index (κ1) is 13.5. The minimum Gasteiger partial charge on any atom is -0.348 e. The first-order valence-corrected chi connectivity index (χ1v) is 6.68. The van der Waals surface area contributed by atoms with Crippen molar-refractivity contribution in [3.63, 3.8) is 0 Å². The standard InChI is InChI=1S/C13H14FN5O2/c1-2-8-10(14)11(16-6-15-8)19-4-3-7-9(5-19)17-13(21)18-12(7)20/h6H,2-5H2,1H3,(H2,17,18,20,21). The molecule has 0 aromatic carbocycles. The van der Waals surface area contributed by atoms with Gasteiger partial charge in [0.15, 0.2) is 11.6 Å². The summed E-state index contributed by atoms with van der Waals surface area (Å²) in [5, 5.41) is 0. The Morgan fingerprint density at radius 2 is 2.14 bits per heavy atom. The SMILES string of the molecule is CCc1ncnc(N2CCc3c([nH]c(=O)[nH]c3=O)C2)c1F. The van der Waals surface area contributed by atoms with Crippen LogP contribution in [-0.4, -0.2) is 26.5 Å². The molecule has 7 nitrogen and oxygen atoms in total. The molecule has 0 saturated carbocycles. The number of H-pyrrole nitrogens is 2. The number of hydrogen-bond donors (Lipinski definition) is 2. The van der Waals surface area contributed by atoms with Crippen molar-refractivity contribution in [3.05, 3.63) is 49.9 Å². The maximum Gasteiger partial charge on any atom is 0.325 e. The molecule has 0 spiro atoms. The van der Waals surface area contributed by atoms with Crippen LogP contribution < -0.4 is 16.1 Å². The van der Waals surface area contributed by atoms with Gasteiger partial charge in [-0.15, -0.1) is 0 Å². The van der Waals surface area contributed by atoms with E-state index in [4.69, 9.17) is 0 Å². The van der Waals surface area contributed by atoms with E-state index in [2.05, 4.69) is 19.9 Å². The number of rotatable bonds is 2. The Balaban J connectivity index is 2.00. The monoisotopic (exact) mass is 291 g/mol. The normalized spacial score (nSPS) is 14.1. The van der Waals surface area contributed by atoms with Gasteiger partial charge in [-0.3, -0.25) is 9.78 Å². The van der Waals surface area contributed by atoms with E-state index in [0.717, 1.165) is 0 Å². The summed E-state index contributed by atoms with van der Waals surface area (Å²) in [7, 11) is 0. The van der Waals surface area contributed by atoms with Gasteiger partial charge < -0.3 is 9.88 Å². The average molecular weight is 291 g/mol. The lowest BCUT2D eigenvalue weighted by atomic mass is 10.1. The molecule has 0 unspecified atom stereocenters. The van der Waals surface area contributed by atoms with Gasteiger partial charge >= 0.3 is 5.69 Å². The number of aryl methyl sites for hydroxylation is 1. The highest BCUT2D eigenvalue weighted by atomic mass is 19.1. The van der Waals surface area contributed by atoms with Crippen molar-refractivity contribution in [3.8, 4) is 0 Å². The molecule has 2 aromatic heterocycles. The number of hydrogen-bond acceptors (Lipinski definition) is 5. The second kappa shape index (κ2) is 5.12. The fourth-order valence-electron chi connectivity index (χ4n) is 2.52. The van der Waals surface area contributed by atoms with E-state index >= 15 is 0 Å². The Labute approximate surface area is 118 Å². The van der Waals surface area contributed by atoms with Crippen LogP contribution >= 0.6 is 0 Å². The van der Waals surface area contributed by atoms with Crippen LogP contribution in [0.2, 0.25) is 0 Å². The molecule has 0 fully saturated rings. The molecule has 3 rings (SSSR count). The molecule has 110 valence electrons. The molecule has 8 heteroatoms. The topological polar surface area (TPSA) is 94.7 Å². The molecule has 0 aliphatic carbocycles. The van der Waals surface area contributed by atoms with Crippen LogP contribution in [-0.2, 0) is 19.4 Å².